The standard InChI is InChI=1S/C24H29N5O3S/c1-23(2,3)14-24(4,5)18(28-22(31)32)19(30)29-21-17(15-9-7-6-8-10-15)27-20(33-21)16-13-25-11-12-26-16/h6-13,18,28H,14H2,1-5H3,(H,29,30)(H,31,32). The van der Waals surface area contributed by atoms with Crippen LogP contribution in [0.4, 0.5) is 9.80 Å². The van der Waals surface area contributed by atoms with Crippen molar-refractivity contribution in [3.8, 4) is 22.0 Å². The lowest BCUT2D eigenvalue weighted by Gasteiger charge is -2.38. The van der Waals surface area contributed by atoms with E-state index in [4.69, 9.17) is 4.98 Å². The lowest BCUT2D eigenvalue weighted by atomic mass is 9.71. The summed E-state index contributed by atoms with van der Waals surface area (Å²) in [5.74, 6) is -0.432. The molecule has 3 rings (SSSR count). The van der Waals surface area contributed by atoms with Gasteiger partial charge in [-0.3, -0.25) is 14.8 Å². The molecule has 2 heterocycles. The minimum atomic E-state index is -1.25. The summed E-state index contributed by atoms with van der Waals surface area (Å²) >= 11 is 1.28. The Morgan fingerprint density at radius 2 is 1.79 bits per heavy atom. The molecule has 0 fully saturated rings. The van der Waals surface area contributed by atoms with Crippen LogP contribution in [-0.2, 0) is 4.79 Å². The van der Waals surface area contributed by atoms with Crippen molar-refractivity contribution in [1.82, 2.24) is 20.3 Å². The number of aromatic nitrogens is 3. The number of benzene rings is 1. The monoisotopic (exact) mass is 467 g/mol. The first kappa shape index (κ1) is 24.3. The summed E-state index contributed by atoms with van der Waals surface area (Å²) in [5.41, 5.74) is 1.29. The number of anilines is 1. The lowest BCUT2D eigenvalue weighted by Crippen LogP contribution is -2.53. The fourth-order valence-corrected chi connectivity index (χ4v) is 5.06. The zero-order valence-corrected chi connectivity index (χ0v) is 20.2. The number of carbonyl (C=O) groups excluding carboxylic acids is 1. The molecule has 9 heteroatoms. The molecule has 1 atom stereocenters. The van der Waals surface area contributed by atoms with Crippen molar-refractivity contribution < 1.29 is 14.7 Å². The van der Waals surface area contributed by atoms with Gasteiger partial charge in [0.15, 0.2) is 0 Å². The van der Waals surface area contributed by atoms with Crippen molar-refractivity contribution in [2.24, 2.45) is 10.8 Å². The second-order valence-corrected chi connectivity index (χ2v) is 10.8. The van der Waals surface area contributed by atoms with Crippen molar-refractivity contribution in [2.75, 3.05) is 5.32 Å². The predicted octanol–water partition coefficient (Wildman–Crippen LogP) is 5.30. The fourth-order valence-electron chi connectivity index (χ4n) is 4.11. The van der Waals surface area contributed by atoms with E-state index in [0.29, 0.717) is 27.8 Å². The highest BCUT2D eigenvalue weighted by Crippen LogP contribution is 2.39. The summed E-state index contributed by atoms with van der Waals surface area (Å²) in [4.78, 5) is 38.1. The van der Waals surface area contributed by atoms with E-state index in [0.717, 1.165) is 5.56 Å². The van der Waals surface area contributed by atoms with Crippen molar-refractivity contribution in [3.05, 3.63) is 48.9 Å². The highest BCUT2D eigenvalue weighted by Gasteiger charge is 2.39. The van der Waals surface area contributed by atoms with Gasteiger partial charge in [0.1, 0.15) is 27.4 Å². The molecule has 8 nitrogen and oxygen atoms in total. The summed E-state index contributed by atoms with van der Waals surface area (Å²) in [7, 11) is 0. The summed E-state index contributed by atoms with van der Waals surface area (Å²) in [6, 6.07) is 8.54. The van der Waals surface area contributed by atoms with Gasteiger partial charge in [-0.05, 0) is 17.3 Å². The van der Waals surface area contributed by atoms with E-state index in [1.807, 2.05) is 44.2 Å². The van der Waals surface area contributed by atoms with Crippen molar-refractivity contribution in [2.45, 2.75) is 47.1 Å². The molecule has 0 saturated heterocycles. The van der Waals surface area contributed by atoms with Gasteiger partial charge in [-0.1, -0.05) is 76.3 Å². The lowest BCUT2D eigenvalue weighted by molar-refractivity contribution is -0.121. The van der Waals surface area contributed by atoms with Crippen molar-refractivity contribution in [3.63, 3.8) is 0 Å². The number of hydrogen-bond acceptors (Lipinski definition) is 6. The second kappa shape index (κ2) is 9.66. The maximum atomic E-state index is 13.4. The van der Waals surface area contributed by atoms with Crippen LogP contribution in [0.15, 0.2) is 48.9 Å². The number of amides is 2. The SMILES string of the molecule is CC(C)(C)CC(C)(C)C(NC(=O)O)C(=O)Nc1sc(-c2cnccn2)nc1-c1ccccc1. The summed E-state index contributed by atoms with van der Waals surface area (Å²) in [6.45, 7) is 9.99. The molecular formula is C24H29N5O3S. The average Bonchev–Trinajstić information content (AvgIpc) is 3.15. The van der Waals surface area contributed by atoms with Gasteiger partial charge >= 0.3 is 6.09 Å². The van der Waals surface area contributed by atoms with Gasteiger partial charge in [-0.25, -0.2) is 9.78 Å². The largest absolute Gasteiger partial charge is 0.465 e. The second-order valence-electron chi connectivity index (χ2n) is 9.75. The van der Waals surface area contributed by atoms with E-state index in [1.165, 1.54) is 11.3 Å². The molecule has 3 N–H and O–H groups in total. The highest BCUT2D eigenvalue weighted by molar-refractivity contribution is 7.19. The minimum Gasteiger partial charge on any atom is -0.465 e. The topological polar surface area (TPSA) is 117 Å². The Hall–Kier alpha value is -3.33. The number of nitrogens with zero attached hydrogens (tertiary/aromatic N) is 3. The van der Waals surface area contributed by atoms with E-state index >= 15 is 0 Å². The van der Waals surface area contributed by atoms with Gasteiger partial charge in [-0.2, -0.15) is 0 Å². The molecule has 3 aromatic rings. The van der Waals surface area contributed by atoms with Crippen LogP contribution in [0.5, 0.6) is 0 Å². The summed E-state index contributed by atoms with van der Waals surface area (Å²) in [6.07, 6.45) is 4.17. The third-order valence-corrected chi connectivity index (χ3v) is 5.98. The third kappa shape index (κ3) is 6.35. The first-order valence-corrected chi connectivity index (χ1v) is 11.4. The first-order valence-electron chi connectivity index (χ1n) is 10.6. The van der Waals surface area contributed by atoms with Gasteiger partial charge < -0.3 is 15.7 Å². The van der Waals surface area contributed by atoms with Gasteiger partial charge in [-0.15, -0.1) is 0 Å². The third-order valence-electron chi connectivity index (χ3n) is 4.99. The van der Waals surface area contributed by atoms with Crippen molar-refractivity contribution in [1.29, 1.82) is 0 Å². The smallest absolute Gasteiger partial charge is 0.405 e. The van der Waals surface area contributed by atoms with Gasteiger partial charge in [0.25, 0.3) is 0 Å². The first-order chi connectivity index (χ1) is 15.5. The molecule has 0 aliphatic rings. The average molecular weight is 468 g/mol. The van der Waals surface area contributed by atoms with Gasteiger partial charge in [0, 0.05) is 18.0 Å². The van der Waals surface area contributed by atoms with E-state index < -0.39 is 23.5 Å². The molecule has 1 aromatic carbocycles. The molecule has 0 aliphatic heterocycles. The van der Waals surface area contributed by atoms with Gasteiger partial charge in [0.05, 0.1) is 6.20 Å². The molecule has 174 valence electrons. The Labute approximate surface area is 197 Å². The minimum absolute atomic E-state index is 0.0962. The Bertz CT molecular complexity index is 1110. The number of nitrogens with one attached hydrogen (secondary N) is 2. The summed E-state index contributed by atoms with van der Waals surface area (Å²) < 4.78 is 0. The van der Waals surface area contributed by atoms with Crippen molar-refractivity contribution >= 4 is 28.3 Å². The predicted molar refractivity (Wildman–Crippen MR) is 130 cm³/mol. The fraction of sp³-hybridized carbons (Fsp3) is 0.375. The van der Waals surface area contributed by atoms with Crippen LogP contribution < -0.4 is 10.6 Å². The zero-order chi connectivity index (χ0) is 24.2. The molecule has 0 saturated carbocycles. The van der Waals surface area contributed by atoms with Crippen LogP contribution >= 0.6 is 11.3 Å². The molecule has 0 spiro atoms. The summed E-state index contributed by atoms with van der Waals surface area (Å²) in [5, 5.41) is 15.9. The Balaban J connectivity index is 1.99. The Morgan fingerprint density at radius 3 is 2.36 bits per heavy atom. The maximum absolute atomic E-state index is 13.4. The van der Waals surface area contributed by atoms with Crippen LogP contribution in [0.1, 0.15) is 41.0 Å². The van der Waals surface area contributed by atoms with Gasteiger partial charge in [0.2, 0.25) is 5.91 Å². The van der Waals surface area contributed by atoms with E-state index in [-0.39, 0.29) is 5.41 Å². The molecule has 33 heavy (non-hydrogen) atoms. The molecule has 0 bridgehead atoms. The molecule has 2 amide bonds. The molecule has 0 aliphatic carbocycles. The Kier molecular flexibility index (Phi) is 7.12. The number of rotatable bonds is 7. The van der Waals surface area contributed by atoms with E-state index in [1.54, 1.807) is 18.6 Å². The molecule has 1 unspecified atom stereocenters. The van der Waals surface area contributed by atoms with Crippen LogP contribution in [0.2, 0.25) is 0 Å². The Morgan fingerprint density at radius 1 is 1.09 bits per heavy atom. The number of carbonyl (C=O) groups is 2. The molecule has 0 radical (unpaired) electrons. The van der Waals surface area contributed by atoms with Crippen LogP contribution in [0, 0.1) is 10.8 Å². The number of thiazole rings is 1. The molecular weight excluding hydrogens is 438 g/mol. The molecule has 2 aromatic heterocycles. The number of hydrogen-bond donors (Lipinski definition) is 3. The number of carboxylic acid groups (broad SMARTS) is 1. The van der Waals surface area contributed by atoms with Crippen LogP contribution in [-0.4, -0.2) is 38.1 Å². The highest BCUT2D eigenvalue weighted by atomic mass is 32.1. The zero-order valence-electron chi connectivity index (χ0n) is 19.4. The van der Waals surface area contributed by atoms with E-state index in [9.17, 15) is 14.7 Å². The van der Waals surface area contributed by atoms with E-state index in [2.05, 4.69) is 41.4 Å². The maximum Gasteiger partial charge on any atom is 0.405 e. The van der Waals surface area contributed by atoms with Crippen LogP contribution in [0.3, 0.4) is 0 Å². The normalized spacial score (nSPS) is 12.8. The van der Waals surface area contributed by atoms with Crippen LogP contribution in [0.25, 0.3) is 22.0 Å². The quantitative estimate of drug-likeness (QED) is 0.434.